The van der Waals surface area contributed by atoms with E-state index in [1.54, 1.807) is 48.8 Å². The summed E-state index contributed by atoms with van der Waals surface area (Å²) < 4.78 is 1.42. The summed E-state index contributed by atoms with van der Waals surface area (Å²) in [6.07, 6.45) is 3.11. The number of carbonyl (C=O) groups excluding carboxylic acids is 1. The summed E-state index contributed by atoms with van der Waals surface area (Å²) in [6, 6.07) is 12.0. The summed E-state index contributed by atoms with van der Waals surface area (Å²) in [5, 5.41) is 14.6. The van der Waals surface area contributed by atoms with Gasteiger partial charge in [0.25, 0.3) is 5.91 Å². The molecule has 0 atom stereocenters. The number of nitrogens with one attached hydrogen (secondary N) is 2. The zero-order valence-corrected chi connectivity index (χ0v) is 8.97. The van der Waals surface area contributed by atoms with Gasteiger partial charge >= 0.3 is 6.07 Å². The van der Waals surface area contributed by atoms with E-state index in [2.05, 4.69) is 6.07 Å². The zero-order valence-electron chi connectivity index (χ0n) is 8.97. The molecule has 0 aliphatic carbocycles. The molecule has 1 heterocycles. The standard InChI is InChI=1S/C13H9N3O/c14-9-10-1-3-11(4-2-10)13(17)16-7-5-12(15)6-8-16/h1-8,15H/p+1. The van der Waals surface area contributed by atoms with Gasteiger partial charge in [-0.15, -0.1) is 0 Å². The van der Waals surface area contributed by atoms with Crippen LogP contribution in [-0.2, 0) is 0 Å². The smallest absolute Gasteiger partial charge is 0.301 e. The van der Waals surface area contributed by atoms with Gasteiger partial charge in [0.2, 0.25) is 0 Å². The number of hydrogen-bond acceptors (Lipinski definition) is 2. The third-order valence-electron chi connectivity index (χ3n) is 2.34. The molecule has 0 bridgehead atoms. The van der Waals surface area contributed by atoms with E-state index in [9.17, 15) is 4.79 Å². The Balaban J connectivity index is 2.34. The van der Waals surface area contributed by atoms with E-state index in [4.69, 9.17) is 10.7 Å². The molecular weight excluding hydrogens is 214 g/mol. The Morgan fingerprint density at radius 3 is 2.24 bits per heavy atom. The Bertz CT molecular complexity index is 627. The third-order valence-corrected chi connectivity index (χ3v) is 2.34. The first-order valence-corrected chi connectivity index (χ1v) is 5.01. The van der Waals surface area contributed by atoms with Crippen LogP contribution < -0.4 is 10.6 Å². The van der Waals surface area contributed by atoms with Gasteiger partial charge in [-0.3, -0.25) is 9.36 Å². The maximum atomic E-state index is 12.0. The number of rotatable bonds is 1. The fourth-order valence-corrected chi connectivity index (χ4v) is 1.41. The largest absolute Gasteiger partial charge is 0.308 e. The summed E-state index contributed by atoms with van der Waals surface area (Å²) >= 11 is 0. The van der Waals surface area contributed by atoms with Gasteiger partial charge in [0, 0.05) is 18.0 Å². The number of carbonyl (C=O) groups is 1. The molecule has 0 fully saturated rings. The molecule has 17 heavy (non-hydrogen) atoms. The Morgan fingerprint density at radius 1 is 1.12 bits per heavy atom. The second-order valence-corrected chi connectivity index (χ2v) is 3.50. The minimum Gasteiger partial charge on any atom is -0.301 e. The van der Waals surface area contributed by atoms with Crippen molar-refractivity contribution >= 4 is 5.91 Å². The van der Waals surface area contributed by atoms with Gasteiger partial charge in [-0.1, -0.05) is 5.26 Å². The lowest BCUT2D eigenvalue weighted by Crippen LogP contribution is -2.17. The quantitative estimate of drug-likeness (QED) is 0.690. The van der Waals surface area contributed by atoms with Gasteiger partial charge in [-0.05, 0) is 36.4 Å². The highest BCUT2D eigenvalue weighted by molar-refractivity contribution is 5.95. The molecule has 1 aromatic carbocycles. The number of benzene rings is 1. The maximum Gasteiger partial charge on any atom is 0.308 e. The van der Waals surface area contributed by atoms with Crippen molar-refractivity contribution in [3.8, 4) is 6.07 Å². The molecule has 4 heteroatoms. The topological polar surface area (TPSA) is 69.7 Å². The van der Waals surface area contributed by atoms with Crippen LogP contribution >= 0.6 is 0 Å². The molecule has 4 nitrogen and oxygen atoms in total. The summed E-state index contributed by atoms with van der Waals surface area (Å²) in [5.74, 6) is -0.165. The molecule has 2 rings (SSSR count). The zero-order chi connectivity index (χ0) is 12.3. The Morgan fingerprint density at radius 2 is 1.71 bits per heavy atom. The van der Waals surface area contributed by atoms with Gasteiger partial charge in [0.15, 0.2) is 0 Å². The highest BCUT2D eigenvalue weighted by Gasteiger charge is 2.06. The second kappa shape index (κ2) is 4.45. The van der Waals surface area contributed by atoms with Crippen molar-refractivity contribution in [3.63, 3.8) is 0 Å². The monoisotopic (exact) mass is 224 g/mol. The highest BCUT2D eigenvalue weighted by atomic mass is 16.2. The van der Waals surface area contributed by atoms with Gasteiger partial charge in [-0.2, -0.15) is 0 Å². The molecular formula is C13H10N3O+. The fraction of sp³-hybridized carbons (Fsp3) is 0. The summed E-state index contributed by atoms with van der Waals surface area (Å²) in [5.41, 5.74) is 1.17. The molecule has 0 unspecified atom stereocenters. The van der Waals surface area contributed by atoms with Crippen LogP contribution in [0.4, 0.5) is 0 Å². The van der Waals surface area contributed by atoms with Crippen LogP contribution in [0.25, 0.3) is 0 Å². The van der Waals surface area contributed by atoms with Crippen molar-refractivity contribution in [2.75, 3.05) is 0 Å². The minimum atomic E-state index is -0.165. The first-order chi connectivity index (χ1) is 8.20. The van der Waals surface area contributed by atoms with Crippen molar-refractivity contribution in [1.29, 1.82) is 5.41 Å². The van der Waals surface area contributed by atoms with Crippen LogP contribution in [0, 0.1) is 11.5 Å². The Hall–Kier alpha value is -2.67. The fourth-order valence-electron chi connectivity index (χ4n) is 1.41. The minimum absolute atomic E-state index is 0.165. The van der Waals surface area contributed by atoms with Crippen LogP contribution in [0.15, 0.2) is 48.8 Å². The number of nitrogens with zero attached hydrogens (tertiary/aromatic N) is 1. The van der Waals surface area contributed by atoms with E-state index in [0.29, 0.717) is 16.5 Å². The molecule has 0 aliphatic heterocycles. The SMILES string of the molecule is N=c1ccn(C(=O)c2ccc(C#[NH+])cc2)cc1. The number of hydrogen-bond donors (Lipinski definition) is 2. The van der Waals surface area contributed by atoms with Crippen LogP contribution in [0.5, 0.6) is 0 Å². The molecule has 2 N–H and O–H groups in total. The highest BCUT2D eigenvalue weighted by Crippen LogP contribution is 2.05. The molecule has 2 aromatic rings. The predicted molar refractivity (Wildman–Crippen MR) is 60.4 cm³/mol. The van der Waals surface area contributed by atoms with Crippen molar-refractivity contribution in [1.82, 2.24) is 4.57 Å². The van der Waals surface area contributed by atoms with E-state index in [0.717, 1.165) is 0 Å². The van der Waals surface area contributed by atoms with Gasteiger partial charge in [0.05, 0.1) is 5.36 Å². The van der Waals surface area contributed by atoms with Crippen LogP contribution in [0.3, 0.4) is 0 Å². The normalized spacial score (nSPS) is 9.59. The van der Waals surface area contributed by atoms with E-state index in [-0.39, 0.29) is 5.91 Å². The maximum absolute atomic E-state index is 12.0. The molecule has 0 amide bonds. The van der Waals surface area contributed by atoms with Crippen molar-refractivity contribution < 1.29 is 10.1 Å². The molecule has 1 aromatic heterocycles. The van der Waals surface area contributed by atoms with Crippen molar-refractivity contribution in [2.45, 2.75) is 0 Å². The van der Waals surface area contributed by atoms with Crippen LogP contribution in [-0.4, -0.2) is 10.5 Å². The summed E-state index contributed by atoms with van der Waals surface area (Å²) in [6.45, 7) is 0. The van der Waals surface area contributed by atoms with Gasteiger partial charge in [0.1, 0.15) is 5.56 Å². The van der Waals surface area contributed by atoms with E-state index in [1.807, 2.05) is 0 Å². The average Bonchev–Trinajstić information content (AvgIpc) is 2.39. The van der Waals surface area contributed by atoms with Crippen LogP contribution in [0.1, 0.15) is 15.9 Å². The second-order valence-electron chi connectivity index (χ2n) is 3.50. The number of aromatic nitrogens is 1. The van der Waals surface area contributed by atoms with E-state index in [1.165, 1.54) is 4.57 Å². The first kappa shape index (κ1) is 10.8. The van der Waals surface area contributed by atoms with E-state index < -0.39 is 0 Å². The Labute approximate surface area is 97.9 Å². The van der Waals surface area contributed by atoms with Gasteiger partial charge in [-0.25, -0.2) is 0 Å². The summed E-state index contributed by atoms with van der Waals surface area (Å²) in [4.78, 5) is 12.0. The lowest BCUT2D eigenvalue weighted by atomic mass is 10.1. The third kappa shape index (κ3) is 2.29. The molecule has 0 saturated carbocycles. The van der Waals surface area contributed by atoms with Crippen molar-refractivity contribution in [3.05, 3.63) is 65.3 Å². The summed E-state index contributed by atoms with van der Waals surface area (Å²) in [7, 11) is 0. The molecule has 0 saturated heterocycles. The lowest BCUT2D eigenvalue weighted by Gasteiger charge is -2.04. The molecule has 82 valence electrons. The first-order valence-electron chi connectivity index (χ1n) is 5.01. The lowest BCUT2D eigenvalue weighted by molar-refractivity contribution is -0.0909. The Kier molecular flexibility index (Phi) is 2.84. The van der Waals surface area contributed by atoms with Crippen LogP contribution in [0.2, 0.25) is 0 Å². The molecule has 0 radical (unpaired) electrons. The molecule has 0 spiro atoms. The van der Waals surface area contributed by atoms with Gasteiger partial charge < -0.3 is 5.41 Å². The molecule has 0 aliphatic rings. The van der Waals surface area contributed by atoms with Crippen molar-refractivity contribution in [2.24, 2.45) is 0 Å². The number of pyridine rings is 1. The average molecular weight is 224 g/mol. The predicted octanol–water partition coefficient (Wildman–Crippen LogP) is -0.223. The van der Waals surface area contributed by atoms with E-state index >= 15 is 0 Å².